The van der Waals surface area contributed by atoms with E-state index in [4.69, 9.17) is 0 Å². The van der Waals surface area contributed by atoms with Crippen LogP contribution in [0.15, 0.2) is 66.2 Å². The standard InChI is InChI=1S/C23H18FN3O2S/c1-27(2)23(29)15-7-9-17(10-8-15)26-22(28)16(14-25)13-18-11-12-21(30-18)19-5-3-4-6-20(19)24/h3-13H,1-2H3,(H,26,28)/b16-13+. The molecular formula is C23H18FN3O2S. The van der Waals surface area contributed by atoms with E-state index in [9.17, 15) is 19.2 Å². The molecule has 1 heterocycles. The van der Waals surface area contributed by atoms with E-state index in [1.165, 1.54) is 28.4 Å². The summed E-state index contributed by atoms with van der Waals surface area (Å²) in [5.41, 5.74) is 1.35. The van der Waals surface area contributed by atoms with Gasteiger partial charge < -0.3 is 10.2 Å². The first-order valence-electron chi connectivity index (χ1n) is 8.98. The fraction of sp³-hybridized carbons (Fsp3) is 0.0870. The van der Waals surface area contributed by atoms with Crippen molar-refractivity contribution in [3.05, 3.63) is 82.5 Å². The maximum atomic E-state index is 14.0. The minimum Gasteiger partial charge on any atom is -0.345 e. The Kier molecular flexibility index (Phi) is 6.40. The molecule has 0 aliphatic carbocycles. The SMILES string of the molecule is CN(C)C(=O)c1ccc(NC(=O)/C(C#N)=C/c2ccc(-c3ccccc3F)s2)cc1. The summed E-state index contributed by atoms with van der Waals surface area (Å²) in [6.07, 6.45) is 1.47. The number of rotatable bonds is 5. The van der Waals surface area contributed by atoms with Crippen molar-refractivity contribution in [2.24, 2.45) is 0 Å². The lowest BCUT2D eigenvalue weighted by atomic mass is 10.1. The van der Waals surface area contributed by atoms with Crippen molar-refractivity contribution in [3.8, 4) is 16.5 Å². The van der Waals surface area contributed by atoms with Crippen molar-refractivity contribution < 1.29 is 14.0 Å². The predicted molar refractivity (Wildman–Crippen MR) is 116 cm³/mol. The first-order chi connectivity index (χ1) is 14.4. The molecule has 1 N–H and O–H groups in total. The van der Waals surface area contributed by atoms with Crippen LogP contribution in [0, 0.1) is 17.1 Å². The van der Waals surface area contributed by atoms with Gasteiger partial charge in [0.1, 0.15) is 17.5 Å². The smallest absolute Gasteiger partial charge is 0.266 e. The Morgan fingerprint density at radius 3 is 2.40 bits per heavy atom. The molecule has 0 radical (unpaired) electrons. The van der Waals surface area contributed by atoms with Crippen LogP contribution in [0.5, 0.6) is 0 Å². The summed E-state index contributed by atoms with van der Waals surface area (Å²) in [4.78, 5) is 27.2. The Bertz CT molecular complexity index is 1160. The topological polar surface area (TPSA) is 73.2 Å². The van der Waals surface area contributed by atoms with E-state index in [0.29, 0.717) is 26.6 Å². The van der Waals surface area contributed by atoms with E-state index in [1.54, 1.807) is 68.7 Å². The predicted octanol–water partition coefficient (Wildman–Crippen LogP) is 4.80. The largest absolute Gasteiger partial charge is 0.345 e. The highest BCUT2D eigenvalue weighted by Gasteiger charge is 2.13. The maximum Gasteiger partial charge on any atom is 0.266 e. The van der Waals surface area contributed by atoms with Crippen molar-refractivity contribution in [2.45, 2.75) is 0 Å². The van der Waals surface area contributed by atoms with Gasteiger partial charge in [-0.3, -0.25) is 9.59 Å². The lowest BCUT2D eigenvalue weighted by Gasteiger charge is -2.10. The quantitative estimate of drug-likeness (QED) is 0.477. The number of hydrogen-bond donors (Lipinski definition) is 1. The molecule has 7 heteroatoms. The number of halogens is 1. The summed E-state index contributed by atoms with van der Waals surface area (Å²) in [6.45, 7) is 0. The van der Waals surface area contributed by atoms with Crippen molar-refractivity contribution in [1.82, 2.24) is 4.90 Å². The lowest BCUT2D eigenvalue weighted by molar-refractivity contribution is -0.112. The molecule has 2 amide bonds. The first kappa shape index (κ1) is 21.0. The van der Waals surface area contributed by atoms with E-state index < -0.39 is 5.91 Å². The fourth-order valence-corrected chi connectivity index (χ4v) is 3.66. The summed E-state index contributed by atoms with van der Waals surface area (Å²) in [6, 6.07) is 18.2. The van der Waals surface area contributed by atoms with Gasteiger partial charge in [0, 0.05) is 40.7 Å². The number of hydrogen-bond acceptors (Lipinski definition) is 4. The number of anilines is 1. The summed E-state index contributed by atoms with van der Waals surface area (Å²) in [5, 5.41) is 12.0. The molecule has 1 aromatic heterocycles. The molecule has 150 valence electrons. The molecule has 0 bridgehead atoms. The van der Waals surface area contributed by atoms with Gasteiger partial charge in [0.25, 0.3) is 11.8 Å². The van der Waals surface area contributed by atoms with Gasteiger partial charge in [0.2, 0.25) is 0 Å². The molecule has 30 heavy (non-hydrogen) atoms. The van der Waals surface area contributed by atoms with Gasteiger partial charge in [-0.2, -0.15) is 5.26 Å². The second kappa shape index (κ2) is 9.16. The second-order valence-corrected chi connectivity index (χ2v) is 7.70. The van der Waals surface area contributed by atoms with Crippen molar-refractivity contribution >= 4 is 34.9 Å². The maximum absolute atomic E-state index is 14.0. The van der Waals surface area contributed by atoms with Gasteiger partial charge in [0.05, 0.1) is 0 Å². The summed E-state index contributed by atoms with van der Waals surface area (Å²) in [7, 11) is 3.31. The molecule has 0 atom stereocenters. The normalized spacial score (nSPS) is 10.9. The van der Waals surface area contributed by atoms with E-state index in [-0.39, 0.29) is 17.3 Å². The third-order valence-corrected chi connectivity index (χ3v) is 5.28. The van der Waals surface area contributed by atoms with Crippen LogP contribution in [-0.4, -0.2) is 30.8 Å². The minimum absolute atomic E-state index is 0.0784. The van der Waals surface area contributed by atoms with Gasteiger partial charge in [-0.05, 0) is 48.5 Å². The number of nitrogens with one attached hydrogen (secondary N) is 1. The zero-order valence-corrected chi connectivity index (χ0v) is 17.2. The fourth-order valence-electron chi connectivity index (χ4n) is 2.68. The monoisotopic (exact) mass is 419 g/mol. The van der Waals surface area contributed by atoms with Crippen molar-refractivity contribution in [3.63, 3.8) is 0 Å². The van der Waals surface area contributed by atoms with Crippen LogP contribution in [0.3, 0.4) is 0 Å². The molecule has 0 fully saturated rings. The average Bonchev–Trinajstić information content (AvgIpc) is 3.20. The van der Waals surface area contributed by atoms with Gasteiger partial charge in [-0.15, -0.1) is 11.3 Å². The van der Waals surface area contributed by atoms with Crippen LogP contribution in [-0.2, 0) is 4.79 Å². The molecule has 0 unspecified atom stereocenters. The van der Waals surface area contributed by atoms with Crippen LogP contribution < -0.4 is 5.32 Å². The molecule has 5 nitrogen and oxygen atoms in total. The van der Waals surface area contributed by atoms with Crippen LogP contribution in [0.25, 0.3) is 16.5 Å². The third kappa shape index (κ3) is 4.80. The van der Waals surface area contributed by atoms with E-state index in [0.717, 1.165) is 0 Å². The molecule has 0 aliphatic heterocycles. The molecule has 0 spiro atoms. The number of benzene rings is 2. The van der Waals surface area contributed by atoms with Gasteiger partial charge in [-0.1, -0.05) is 18.2 Å². The molecule has 3 aromatic rings. The van der Waals surface area contributed by atoms with Crippen molar-refractivity contribution in [1.29, 1.82) is 5.26 Å². The Morgan fingerprint density at radius 1 is 1.07 bits per heavy atom. The minimum atomic E-state index is -0.565. The van der Waals surface area contributed by atoms with Crippen LogP contribution in [0.4, 0.5) is 10.1 Å². The number of carbonyl (C=O) groups is 2. The molecule has 0 saturated heterocycles. The Hall–Kier alpha value is -3.76. The number of carbonyl (C=O) groups excluding carboxylic acids is 2. The number of thiophene rings is 1. The van der Waals surface area contributed by atoms with Crippen LogP contribution in [0.1, 0.15) is 15.2 Å². The summed E-state index contributed by atoms with van der Waals surface area (Å²) >= 11 is 1.29. The number of nitrogens with zero attached hydrogens (tertiary/aromatic N) is 2. The summed E-state index contributed by atoms with van der Waals surface area (Å²) in [5.74, 6) is -1.04. The summed E-state index contributed by atoms with van der Waals surface area (Å²) < 4.78 is 14.0. The van der Waals surface area contributed by atoms with Crippen LogP contribution >= 0.6 is 11.3 Å². The Labute approximate surface area is 177 Å². The Balaban J connectivity index is 1.75. The molecule has 3 rings (SSSR count). The molecular weight excluding hydrogens is 401 g/mol. The lowest BCUT2D eigenvalue weighted by Crippen LogP contribution is -2.21. The second-order valence-electron chi connectivity index (χ2n) is 6.58. The van der Waals surface area contributed by atoms with Gasteiger partial charge in [0.15, 0.2) is 0 Å². The highest BCUT2D eigenvalue weighted by atomic mass is 32.1. The average molecular weight is 419 g/mol. The highest BCUT2D eigenvalue weighted by Crippen LogP contribution is 2.31. The van der Waals surface area contributed by atoms with Crippen molar-refractivity contribution in [2.75, 3.05) is 19.4 Å². The van der Waals surface area contributed by atoms with Gasteiger partial charge >= 0.3 is 0 Å². The molecule has 0 saturated carbocycles. The van der Waals surface area contributed by atoms with Gasteiger partial charge in [-0.25, -0.2) is 4.39 Å². The third-order valence-electron chi connectivity index (χ3n) is 4.21. The zero-order chi connectivity index (χ0) is 21.7. The zero-order valence-electron chi connectivity index (χ0n) is 16.3. The molecule has 0 aliphatic rings. The number of nitriles is 1. The number of amides is 2. The Morgan fingerprint density at radius 2 is 1.77 bits per heavy atom. The van der Waals surface area contributed by atoms with E-state index >= 15 is 0 Å². The first-order valence-corrected chi connectivity index (χ1v) is 9.80. The van der Waals surface area contributed by atoms with E-state index in [2.05, 4.69) is 5.32 Å². The van der Waals surface area contributed by atoms with Crippen LogP contribution in [0.2, 0.25) is 0 Å². The highest BCUT2D eigenvalue weighted by molar-refractivity contribution is 7.16. The van der Waals surface area contributed by atoms with E-state index in [1.807, 2.05) is 6.07 Å². The molecule has 2 aromatic carbocycles.